The maximum Gasteiger partial charge on any atom is 0.231 e. The highest BCUT2D eigenvalue weighted by molar-refractivity contribution is 5.56. The van der Waals surface area contributed by atoms with Gasteiger partial charge in [0.05, 0.1) is 0 Å². The van der Waals surface area contributed by atoms with Crippen molar-refractivity contribution >= 4 is 0 Å². The van der Waals surface area contributed by atoms with Gasteiger partial charge in [-0.05, 0) is 22.8 Å². The van der Waals surface area contributed by atoms with Crippen LogP contribution in [-0.2, 0) is 9.47 Å². The fraction of sp³-hybridized carbons (Fsp3) is 0.167. The molecule has 0 bridgehead atoms. The Balaban J connectivity index is 2.12. The average Bonchev–Trinajstić information content (AvgIpc) is 2.75. The van der Waals surface area contributed by atoms with E-state index in [1.165, 1.54) is 11.1 Å². The monoisotopic (exact) mass is 186 g/mol. The smallest absolute Gasteiger partial charge is 0.231 e. The summed E-state index contributed by atoms with van der Waals surface area (Å²) in [6.07, 6.45) is 9.12. The van der Waals surface area contributed by atoms with Gasteiger partial charge in [-0.15, -0.1) is 0 Å². The number of allylic oxidation sites excluding steroid dienone is 7. The SMILES string of the molecule is C=C1CC2=CC=CC2=CC2=C1OCO2. The van der Waals surface area contributed by atoms with E-state index in [9.17, 15) is 0 Å². The van der Waals surface area contributed by atoms with Crippen molar-refractivity contribution in [1.29, 1.82) is 0 Å². The normalized spacial score (nSPS) is 23.3. The van der Waals surface area contributed by atoms with Crippen molar-refractivity contribution in [3.8, 4) is 0 Å². The van der Waals surface area contributed by atoms with Crippen LogP contribution in [0.25, 0.3) is 0 Å². The summed E-state index contributed by atoms with van der Waals surface area (Å²) in [7, 11) is 0. The minimum Gasteiger partial charge on any atom is -0.454 e. The largest absolute Gasteiger partial charge is 0.454 e. The van der Waals surface area contributed by atoms with Crippen molar-refractivity contribution < 1.29 is 9.47 Å². The van der Waals surface area contributed by atoms with Gasteiger partial charge >= 0.3 is 0 Å². The van der Waals surface area contributed by atoms with Crippen LogP contribution in [0, 0.1) is 0 Å². The van der Waals surface area contributed by atoms with Crippen LogP contribution in [0.4, 0.5) is 0 Å². The summed E-state index contributed by atoms with van der Waals surface area (Å²) in [6.45, 7) is 4.33. The first kappa shape index (κ1) is 7.68. The van der Waals surface area contributed by atoms with Crippen LogP contribution < -0.4 is 0 Å². The van der Waals surface area contributed by atoms with Gasteiger partial charge in [0.15, 0.2) is 11.5 Å². The van der Waals surface area contributed by atoms with Crippen LogP contribution in [0.15, 0.2) is 59.1 Å². The highest BCUT2D eigenvalue weighted by Gasteiger charge is 2.24. The van der Waals surface area contributed by atoms with Crippen molar-refractivity contribution in [2.24, 2.45) is 0 Å². The molecule has 0 radical (unpaired) electrons. The second-order valence-electron chi connectivity index (χ2n) is 3.53. The van der Waals surface area contributed by atoms with Gasteiger partial charge in [0.1, 0.15) is 0 Å². The van der Waals surface area contributed by atoms with E-state index >= 15 is 0 Å². The Labute approximate surface area is 82.5 Å². The summed E-state index contributed by atoms with van der Waals surface area (Å²) in [5, 5.41) is 0. The van der Waals surface area contributed by atoms with Gasteiger partial charge in [0.25, 0.3) is 0 Å². The molecule has 0 atom stereocenters. The van der Waals surface area contributed by atoms with Crippen LogP contribution in [0.3, 0.4) is 0 Å². The lowest BCUT2D eigenvalue weighted by atomic mass is 10.0. The third-order valence-corrected chi connectivity index (χ3v) is 2.60. The second kappa shape index (κ2) is 2.64. The molecule has 0 aromatic rings. The molecule has 0 N–H and O–H groups in total. The zero-order chi connectivity index (χ0) is 9.54. The summed E-state index contributed by atoms with van der Waals surface area (Å²) >= 11 is 0. The van der Waals surface area contributed by atoms with Gasteiger partial charge in [-0.25, -0.2) is 0 Å². The van der Waals surface area contributed by atoms with Gasteiger partial charge in [-0.3, -0.25) is 0 Å². The fourth-order valence-electron chi connectivity index (χ4n) is 1.90. The molecule has 3 aliphatic rings. The zero-order valence-corrected chi connectivity index (χ0v) is 7.75. The zero-order valence-electron chi connectivity index (χ0n) is 7.75. The Morgan fingerprint density at radius 1 is 1.29 bits per heavy atom. The molecule has 1 heterocycles. The maximum atomic E-state index is 5.38. The van der Waals surface area contributed by atoms with Crippen molar-refractivity contribution in [3.63, 3.8) is 0 Å². The predicted molar refractivity (Wildman–Crippen MR) is 53.1 cm³/mol. The first-order chi connectivity index (χ1) is 6.84. The average molecular weight is 186 g/mol. The van der Waals surface area contributed by atoms with Crippen LogP contribution in [0.2, 0.25) is 0 Å². The lowest BCUT2D eigenvalue weighted by Crippen LogP contribution is -1.91. The van der Waals surface area contributed by atoms with E-state index in [2.05, 4.69) is 24.8 Å². The summed E-state index contributed by atoms with van der Waals surface area (Å²) in [6, 6.07) is 0. The Bertz CT molecular complexity index is 433. The molecule has 0 aromatic heterocycles. The predicted octanol–water partition coefficient (Wildman–Crippen LogP) is 2.58. The molecule has 2 nitrogen and oxygen atoms in total. The van der Waals surface area contributed by atoms with Crippen molar-refractivity contribution in [2.75, 3.05) is 6.79 Å². The number of fused-ring (bicyclic) bond motifs is 1. The van der Waals surface area contributed by atoms with Crippen molar-refractivity contribution in [1.82, 2.24) is 0 Å². The second-order valence-corrected chi connectivity index (χ2v) is 3.53. The third kappa shape index (κ3) is 0.970. The standard InChI is InChI=1S/C12H10O2/c1-8-5-9-3-2-4-10(9)6-11-12(8)14-7-13-11/h2-4,6H,1,5,7H2. The molecular weight excluding hydrogens is 176 g/mol. The van der Waals surface area contributed by atoms with Crippen LogP contribution >= 0.6 is 0 Å². The molecule has 0 saturated carbocycles. The molecule has 70 valence electrons. The van der Waals surface area contributed by atoms with Crippen LogP contribution in [0.1, 0.15) is 6.42 Å². The highest BCUT2D eigenvalue weighted by Crippen LogP contribution is 2.36. The first-order valence-corrected chi connectivity index (χ1v) is 4.62. The molecule has 3 rings (SSSR count). The minimum atomic E-state index is 0.316. The van der Waals surface area contributed by atoms with Crippen LogP contribution in [-0.4, -0.2) is 6.79 Å². The third-order valence-electron chi connectivity index (χ3n) is 2.60. The fourth-order valence-corrected chi connectivity index (χ4v) is 1.90. The number of rotatable bonds is 0. The molecule has 0 amide bonds. The topological polar surface area (TPSA) is 18.5 Å². The minimum absolute atomic E-state index is 0.316. The highest BCUT2D eigenvalue weighted by atomic mass is 16.7. The first-order valence-electron chi connectivity index (χ1n) is 4.62. The lowest BCUT2D eigenvalue weighted by molar-refractivity contribution is 0.0762. The molecular formula is C12H10O2. The summed E-state index contributed by atoms with van der Waals surface area (Å²) in [5.74, 6) is 1.64. The Morgan fingerprint density at radius 3 is 3.14 bits per heavy atom. The van der Waals surface area contributed by atoms with Crippen LogP contribution in [0.5, 0.6) is 0 Å². The van der Waals surface area contributed by atoms with E-state index in [1.54, 1.807) is 0 Å². The summed E-state index contributed by atoms with van der Waals surface area (Å²) in [5.41, 5.74) is 3.50. The number of hydrogen-bond donors (Lipinski definition) is 0. The number of hydrogen-bond acceptors (Lipinski definition) is 2. The molecule has 2 aliphatic carbocycles. The Kier molecular flexibility index (Phi) is 1.45. The van der Waals surface area contributed by atoms with Gasteiger partial charge in [-0.2, -0.15) is 0 Å². The summed E-state index contributed by atoms with van der Waals surface area (Å²) in [4.78, 5) is 0. The van der Waals surface area contributed by atoms with E-state index in [0.717, 1.165) is 23.5 Å². The Morgan fingerprint density at radius 2 is 2.21 bits per heavy atom. The maximum absolute atomic E-state index is 5.38. The van der Waals surface area contributed by atoms with Gasteiger partial charge in [0.2, 0.25) is 6.79 Å². The van der Waals surface area contributed by atoms with Crippen molar-refractivity contribution in [2.45, 2.75) is 6.42 Å². The van der Waals surface area contributed by atoms with E-state index < -0.39 is 0 Å². The van der Waals surface area contributed by atoms with E-state index in [-0.39, 0.29) is 0 Å². The van der Waals surface area contributed by atoms with E-state index in [4.69, 9.17) is 9.47 Å². The molecule has 1 aliphatic heterocycles. The van der Waals surface area contributed by atoms with Gasteiger partial charge in [0, 0.05) is 6.42 Å². The molecule has 2 heteroatoms. The van der Waals surface area contributed by atoms with E-state index in [0.29, 0.717) is 6.79 Å². The molecule has 0 aromatic carbocycles. The Hall–Kier alpha value is -1.70. The number of ether oxygens (including phenoxy) is 2. The molecule has 14 heavy (non-hydrogen) atoms. The molecule has 0 unspecified atom stereocenters. The quantitative estimate of drug-likeness (QED) is 0.579. The summed E-state index contributed by atoms with van der Waals surface area (Å²) < 4.78 is 10.8. The van der Waals surface area contributed by atoms with Crippen molar-refractivity contribution in [3.05, 3.63) is 59.1 Å². The molecule has 0 saturated heterocycles. The molecule has 0 spiro atoms. The van der Waals surface area contributed by atoms with Gasteiger partial charge < -0.3 is 9.47 Å². The molecule has 0 fully saturated rings. The van der Waals surface area contributed by atoms with Gasteiger partial charge in [-0.1, -0.05) is 24.8 Å². The lowest BCUT2D eigenvalue weighted by Gasteiger charge is -2.05. The van der Waals surface area contributed by atoms with E-state index in [1.807, 2.05) is 6.08 Å².